The van der Waals surface area contributed by atoms with E-state index in [0.717, 1.165) is 48.8 Å². The molecule has 0 bridgehead atoms. The van der Waals surface area contributed by atoms with E-state index in [1.807, 2.05) is 6.07 Å². The van der Waals surface area contributed by atoms with Crippen molar-refractivity contribution in [1.82, 2.24) is 9.78 Å². The van der Waals surface area contributed by atoms with Crippen LogP contribution in [0.15, 0.2) is 29.1 Å². The second-order valence-corrected chi connectivity index (χ2v) is 9.92. The molecular formula is C24H32N4O2. The molecule has 1 aliphatic heterocycles. The van der Waals surface area contributed by atoms with Crippen molar-refractivity contribution in [2.45, 2.75) is 82.3 Å². The Bertz CT molecular complexity index is 1020. The standard InChI is InChI=1S/C24H32N4O2/c1-23(2)15-17(10-13-30-23)28-22(29)20-19(21(26-25)27-28)18-9-5-4-8-16(18)14-24(20)11-6-3-7-12-24/h4-5,8-9,17H,3,6-7,10-15,25H2,1-2H3,(H,26,27). The van der Waals surface area contributed by atoms with Crippen LogP contribution in [0.25, 0.3) is 11.1 Å². The Morgan fingerprint density at radius 2 is 1.97 bits per heavy atom. The van der Waals surface area contributed by atoms with Gasteiger partial charge in [0.25, 0.3) is 5.56 Å². The van der Waals surface area contributed by atoms with Crippen LogP contribution < -0.4 is 16.8 Å². The third-order valence-corrected chi connectivity index (χ3v) is 7.43. The van der Waals surface area contributed by atoms with Gasteiger partial charge in [0.05, 0.1) is 11.6 Å². The van der Waals surface area contributed by atoms with E-state index in [2.05, 4.69) is 37.5 Å². The molecule has 1 saturated carbocycles. The summed E-state index contributed by atoms with van der Waals surface area (Å²) in [5.74, 6) is 6.61. The zero-order chi connectivity index (χ0) is 20.9. The molecule has 160 valence electrons. The minimum atomic E-state index is -0.259. The van der Waals surface area contributed by atoms with Crippen molar-refractivity contribution in [1.29, 1.82) is 0 Å². The SMILES string of the molecule is CC1(C)CC(n2nc(NN)c3c(c2=O)C2(CCCCC2)Cc2ccccc2-3)CCO1. The molecule has 3 aliphatic rings. The minimum absolute atomic E-state index is 0.0245. The van der Waals surface area contributed by atoms with Gasteiger partial charge in [0.2, 0.25) is 0 Å². The lowest BCUT2D eigenvalue weighted by Gasteiger charge is -2.43. The summed E-state index contributed by atoms with van der Waals surface area (Å²) in [6, 6.07) is 8.45. The number of nitrogens with zero attached hydrogens (tertiary/aromatic N) is 2. The first-order valence-electron chi connectivity index (χ1n) is 11.3. The van der Waals surface area contributed by atoms with Gasteiger partial charge in [0.15, 0.2) is 5.82 Å². The average molecular weight is 409 g/mol. The summed E-state index contributed by atoms with van der Waals surface area (Å²) in [4.78, 5) is 14.1. The molecule has 2 aromatic rings. The number of benzene rings is 1. The molecule has 2 fully saturated rings. The Labute approximate surface area is 177 Å². The molecular weight excluding hydrogens is 376 g/mol. The Hall–Kier alpha value is -2.18. The molecule has 0 amide bonds. The highest BCUT2D eigenvalue weighted by atomic mass is 16.5. The number of hydrogen-bond donors (Lipinski definition) is 2. The Morgan fingerprint density at radius 3 is 2.70 bits per heavy atom. The van der Waals surface area contributed by atoms with Gasteiger partial charge < -0.3 is 10.2 Å². The van der Waals surface area contributed by atoms with Gasteiger partial charge in [-0.05, 0) is 57.1 Å². The van der Waals surface area contributed by atoms with Crippen LogP contribution in [0.5, 0.6) is 0 Å². The quantitative estimate of drug-likeness (QED) is 0.578. The first kappa shape index (κ1) is 19.8. The van der Waals surface area contributed by atoms with Gasteiger partial charge in [-0.3, -0.25) is 4.79 Å². The first-order valence-corrected chi connectivity index (χ1v) is 11.3. The Balaban J connectivity index is 1.76. The number of anilines is 1. The second kappa shape index (κ2) is 7.20. The van der Waals surface area contributed by atoms with E-state index in [-0.39, 0.29) is 22.6 Å². The fourth-order valence-corrected chi connectivity index (χ4v) is 6.08. The number of ether oxygens (including phenoxy) is 1. The zero-order valence-electron chi connectivity index (χ0n) is 18.0. The highest BCUT2D eigenvalue weighted by molar-refractivity contribution is 5.83. The van der Waals surface area contributed by atoms with Crippen molar-refractivity contribution in [3.63, 3.8) is 0 Å². The van der Waals surface area contributed by atoms with E-state index in [1.54, 1.807) is 4.68 Å². The number of hydrogen-bond acceptors (Lipinski definition) is 5. The fourth-order valence-electron chi connectivity index (χ4n) is 6.08. The van der Waals surface area contributed by atoms with Crippen LogP contribution in [0.2, 0.25) is 0 Å². The molecule has 6 nitrogen and oxygen atoms in total. The molecule has 1 aromatic heterocycles. The van der Waals surface area contributed by atoms with Crippen molar-refractivity contribution in [3.05, 3.63) is 45.7 Å². The maximum absolute atomic E-state index is 14.1. The van der Waals surface area contributed by atoms with Crippen LogP contribution in [0.1, 0.15) is 76.0 Å². The van der Waals surface area contributed by atoms with Crippen LogP contribution in [-0.4, -0.2) is 22.0 Å². The van der Waals surface area contributed by atoms with Gasteiger partial charge in [0, 0.05) is 23.1 Å². The monoisotopic (exact) mass is 408 g/mol. The van der Waals surface area contributed by atoms with Gasteiger partial charge >= 0.3 is 0 Å². The van der Waals surface area contributed by atoms with E-state index >= 15 is 0 Å². The Kier molecular flexibility index (Phi) is 4.75. The van der Waals surface area contributed by atoms with Gasteiger partial charge in [-0.15, -0.1) is 5.10 Å². The topological polar surface area (TPSA) is 82.2 Å². The molecule has 1 spiro atoms. The molecule has 1 saturated heterocycles. The summed E-state index contributed by atoms with van der Waals surface area (Å²) in [6.07, 6.45) is 8.17. The minimum Gasteiger partial charge on any atom is -0.375 e. The van der Waals surface area contributed by atoms with Crippen LogP contribution in [0.3, 0.4) is 0 Å². The van der Waals surface area contributed by atoms with Crippen molar-refractivity contribution in [2.75, 3.05) is 12.0 Å². The van der Waals surface area contributed by atoms with E-state index in [0.29, 0.717) is 12.4 Å². The Morgan fingerprint density at radius 1 is 1.20 bits per heavy atom. The maximum Gasteiger partial charge on any atom is 0.271 e. The molecule has 0 radical (unpaired) electrons. The predicted molar refractivity (Wildman–Crippen MR) is 119 cm³/mol. The summed E-state index contributed by atoms with van der Waals surface area (Å²) in [7, 11) is 0. The third kappa shape index (κ3) is 3.08. The third-order valence-electron chi connectivity index (χ3n) is 7.43. The normalized spacial score (nSPS) is 24.2. The van der Waals surface area contributed by atoms with E-state index in [9.17, 15) is 4.79 Å². The van der Waals surface area contributed by atoms with Gasteiger partial charge in [-0.1, -0.05) is 43.5 Å². The van der Waals surface area contributed by atoms with Crippen LogP contribution in [0.4, 0.5) is 5.82 Å². The van der Waals surface area contributed by atoms with Crippen molar-refractivity contribution >= 4 is 5.82 Å². The molecule has 2 heterocycles. The van der Waals surface area contributed by atoms with Crippen LogP contribution in [-0.2, 0) is 16.6 Å². The zero-order valence-corrected chi connectivity index (χ0v) is 18.0. The highest BCUT2D eigenvalue weighted by Crippen LogP contribution is 2.50. The summed E-state index contributed by atoms with van der Waals surface area (Å²) >= 11 is 0. The number of nitrogens with two attached hydrogens (primary N) is 1. The van der Waals surface area contributed by atoms with Gasteiger partial charge in [-0.2, -0.15) is 0 Å². The molecule has 2 aliphatic carbocycles. The second-order valence-electron chi connectivity index (χ2n) is 9.92. The first-order chi connectivity index (χ1) is 14.4. The number of aromatic nitrogens is 2. The summed E-state index contributed by atoms with van der Waals surface area (Å²) < 4.78 is 7.62. The lowest BCUT2D eigenvalue weighted by atomic mass is 9.61. The largest absolute Gasteiger partial charge is 0.375 e. The molecule has 3 N–H and O–H groups in total. The maximum atomic E-state index is 14.1. The lowest BCUT2D eigenvalue weighted by Crippen LogP contribution is -2.46. The molecule has 6 heteroatoms. The van der Waals surface area contributed by atoms with Crippen molar-refractivity contribution < 1.29 is 4.74 Å². The smallest absolute Gasteiger partial charge is 0.271 e. The molecule has 1 unspecified atom stereocenters. The number of fused-ring (bicyclic) bond motifs is 4. The summed E-state index contributed by atoms with van der Waals surface area (Å²) in [5, 5.41) is 4.78. The summed E-state index contributed by atoms with van der Waals surface area (Å²) in [6.45, 7) is 4.81. The number of rotatable bonds is 2. The van der Waals surface area contributed by atoms with E-state index < -0.39 is 0 Å². The molecule has 5 rings (SSSR count). The van der Waals surface area contributed by atoms with E-state index in [1.165, 1.54) is 24.8 Å². The number of nitrogen functional groups attached to an aromatic ring is 1. The van der Waals surface area contributed by atoms with Gasteiger partial charge in [-0.25, -0.2) is 10.5 Å². The fraction of sp³-hybridized carbons (Fsp3) is 0.583. The number of hydrazine groups is 1. The highest BCUT2D eigenvalue weighted by Gasteiger charge is 2.44. The van der Waals surface area contributed by atoms with Crippen molar-refractivity contribution in [2.24, 2.45) is 5.84 Å². The molecule has 1 atom stereocenters. The number of nitrogens with one attached hydrogen (secondary N) is 1. The van der Waals surface area contributed by atoms with Crippen molar-refractivity contribution in [3.8, 4) is 11.1 Å². The van der Waals surface area contributed by atoms with Crippen LogP contribution in [0, 0.1) is 0 Å². The average Bonchev–Trinajstić information content (AvgIpc) is 2.73. The predicted octanol–water partition coefficient (Wildman–Crippen LogP) is 4.08. The molecule has 1 aromatic carbocycles. The van der Waals surface area contributed by atoms with E-state index in [4.69, 9.17) is 15.7 Å². The van der Waals surface area contributed by atoms with Gasteiger partial charge in [0.1, 0.15) is 0 Å². The molecule has 30 heavy (non-hydrogen) atoms. The summed E-state index contributed by atoms with van der Waals surface area (Å²) in [5.41, 5.74) is 6.80. The lowest BCUT2D eigenvalue weighted by molar-refractivity contribution is -0.0715. The van der Waals surface area contributed by atoms with Crippen LogP contribution >= 0.6 is 0 Å².